The maximum Gasteiger partial charge on any atom is 0.246 e. The zero-order valence-corrected chi connectivity index (χ0v) is 13.4. The fourth-order valence-electron chi connectivity index (χ4n) is 2.40. The van der Waals surface area contributed by atoms with Crippen LogP contribution in [-0.4, -0.2) is 24.9 Å². The van der Waals surface area contributed by atoms with Gasteiger partial charge in [-0.2, -0.15) is 4.52 Å². The van der Waals surface area contributed by atoms with Crippen molar-refractivity contribution < 1.29 is 14.2 Å². The molecule has 0 aliphatic carbocycles. The van der Waals surface area contributed by atoms with Crippen LogP contribution >= 0.6 is 11.6 Å². The van der Waals surface area contributed by atoms with Crippen LogP contribution in [0.2, 0.25) is 5.28 Å². The highest BCUT2D eigenvalue weighted by atomic mass is 35.5. The molecule has 8 heteroatoms. The molecule has 0 bridgehead atoms. The van der Waals surface area contributed by atoms with Crippen LogP contribution in [0.4, 0.5) is 4.39 Å². The molecule has 0 fully saturated rings. The first-order valence-corrected chi connectivity index (χ1v) is 7.63. The molecule has 0 saturated carbocycles. The van der Waals surface area contributed by atoms with E-state index in [0.29, 0.717) is 22.5 Å². The van der Waals surface area contributed by atoms with Gasteiger partial charge in [0.15, 0.2) is 5.65 Å². The number of fused-ring (bicyclic) bond motifs is 1. The number of nitrogens with zero attached hydrogens (tertiary/aromatic N) is 4. The third kappa shape index (κ3) is 2.97. The highest BCUT2D eigenvalue weighted by Crippen LogP contribution is 2.34. The summed E-state index contributed by atoms with van der Waals surface area (Å²) in [6, 6.07) is 13.8. The highest BCUT2D eigenvalue weighted by molar-refractivity contribution is 6.28. The normalized spacial score (nSPS) is 11.0. The Bertz CT molecular complexity index is 1080. The molecule has 2 aromatic heterocycles. The molecular weight excluding hydrogens is 347 g/mol. The summed E-state index contributed by atoms with van der Waals surface area (Å²) < 4.78 is 20.8. The van der Waals surface area contributed by atoms with Crippen molar-refractivity contribution in [3.63, 3.8) is 0 Å². The molecule has 25 heavy (non-hydrogen) atoms. The number of hydrogen-bond donors (Lipinski definition) is 1. The van der Waals surface area contributed by atoms with Gasteiger partial charge in [-0.25, -0.2) is 4.39 Å². The Morgan fingerprint density at radius 3 is 2.76 bits per heavy atom. The molecule has 0 saturated heterocycles. The molecule has 6 nitrogen and oxygen atoms in total. The zero-order valence-electron chi connectivity index (χ0n) is 12.6. The van der Waals surface area contributed by atoms with E-state index in [0.717, 1.165) is 0 Å². The van der Waals surface area contributed by atoms with Crippen LogP contribution in [-0.2, 0) is 0 Å². The first-order valence-electron chi connectivity index (χ1n) is 7.25. The van der Waals surface area contributed by atoms with Crippen molar-refractivity contribution in [3.8, 4) is 28.5 Å². The summed E-state index contributed by atoms with van der Waals surface area (Å²) >= 11 is 5.91. The summed E-state index contributed by atoms with van der Waals surface area (Å²) in [4.78, 5) is 0. The average Bonchev–Trinajstić information content (AvgIpc) is 2.97. The number of aromatic hydroxyl groups is 1. The van der Waals surface area contributed by atoms with Gasteiger partial charge < -0.3 is 9.84 Å². The fraction of sp³-hybridized carbons (Fsp3) is 0. The lowest BCUT2D eigenvalue weighted by Crippen LogP contribution is -1.97. The molecule has 1 N–H and O–H groups in total. The third-order valence-electron chi connectivity index (χ3n) is 3.51. The second-order valence-electron chi connectivity index (χ2n) is 5.20. The summed E-state index contributed by atoms with van der Waals surface area (Å²) in [5, 5.41) is 21.5. The van der Waals surface area contributed by atoms with Gasteiger partial charge in [0.1, 0.15) is 17.3 Å². The lowest BCUT2D eigenvalue weighted by molar-refractivity contribution is 0.452. The number of rotatable bonds is 3. The lowest BCUT2D eigenvalue weighted by atomic mass is 10.0. The molecule has 0 radical (unpaired) electrons. The van der Waals surface area contributed by atoms with Crippen molar-refractivity contribution in [3.05, 3.63) is 65.7 Å². The van der Waals surface area contributed by atoms with E-state index in [4.69, 9.17) is 16.3 Å². The summed E-state index contributed by atoms with van der Waals surface area (Å²) in [6.45, 7) is 0. The van der Waals surface area contributed by atoms with Crippen LogP contribution < -0.4 is 4.74 Å². The van der Waals surface area contributed by atoms with Crippen molar-refractivity contribution in [2.75, 3.05) is 0 Å². The second kappa shape index (κ2) is 6.03. The predicted octanol–water partition coefficient (Wildman–Crippen LogP) is 4.08. The number of phenols is 1. The van der Waals surface area contributed by atoms with Gasteiger partial charge in [-0.3, -0.25) is 0 Å². The van der Waals surface area contributed by atoms with E-state index in [1.54, 1.807) is 24.3 Å². The van der Waals surface area contributed by atoms with Crippen molar-refractivity contribution in [2.45, 2.75) is 0 Å². The van der Waals surface area contributed by atoms with Gasteiger partial charge in [0.25, 0.3) is 0 Å². The number of ether oxygens (including phenoxy) is 1. The zero-order chi connectivity index (χ0) is 17.4. The molecule has 2 aromatic carbocycles. The van der Waals surface area contributed by atoms with Crippen molar-refractivity contribution in [1.82, 2.24) is 19.8 Å². The van der Waals surface area contributed by atoms with E-state index >= 15 is 0 Å². The standard InChI is InChI=1S/C17H10ClFN4O2/c18-17-21-20-15-6-7-16(22-23(15)17)25-14-5-4-11(19)9-13(14)10-2-1-3-12(24)8-10/h1-9,24H. The molecule has 0 atom stereocenters. The summed E-state index contributed by atoms with van der Waals surface area (Å²) in [5.41, 5.74) is 1.57. The molecule has 4 aromatic rings. The largest absolute Gasteiger partial charge is 0.508 e. The second-order valence-corrected chi connectivity index (χ2v) is 5.54. The Hall–Kier alpha value is -3.19. The molecule has 0 spiro atoms. The third-order valence-corrected chi connectivity index (χ3v) is 3.75. The van der Waals surface area contributed by atoms with Gasteiger partial charge in [-0.15, -0.1) is 15.3 Å². The lowest BCUT2D eigenvalue weighted by Gasteiger charge is -2.11. The minimum absolute atomic E-state index is 0.0727. The van der Waals surface area contributed by atoms with Gasteiger partial charge in [0.05, 0.1) is 0 Å². The summed E-state index contributed by atoms with van der Waals surface area (Å²) in [6.07, 6.45) is 0. The van der Waals surface area contributed by atoms with Gasteiger partial charge in [0, 0.05) is 11.6 Å². The van der Waals surface area contributed by atoms with Crippen LogP contribution in [0.1, 0.15) is 0 Å². The van der Waals surface area contributed by atoms with Crippen LogP contribution in [0, 0.1) is 5.82 Å². The summed E-state index contributed by atoms with van der Waals surface area (Å²) in [7, 11) is 0. The summed E-state index contributed by atoms with van der Waals surface area (Å²) in [5.74, 6) is 0.268. The quantitative estimate of drug-likeness (QED) is 0.598. The first kappa shape index (κ1) is 15.3. The van der Waals surface area contributed by atoms with Crippen molar-refractivity contribution in [1.29, 1.82) is 0 Å². The molecule has 4 rings (SSSR count). The Kier molecular flexibility index (Phi) is 3.70. The van der Waals surface area contributed by atoms with Gasteiger partial charge >= 0.3 is 0 Å². The molecule has 124 valence electrons. The maximum atomic E-state index is 13.7. The monoisotopic (exact) mass is 356 g/mol. The number of hydrogen-bond acceptors (Lipinski definition) is 5. The van der Waals surface area contributed by atoms with Crippen molar-refractivity contribution in [2.24, 2.45) is 0 Å². The number of phenolic OH excluding ortho intramolecular Hbond substituents is 1. The van der Waals surface area contributed by atoms with Gasteiger partial charge in [-0.1, -0.05) is 12.1 Å². The minimum Gasteiger partial charge on any atom is -0.508 e. The van der Waals surface area contributed by atoms with Gasteiger partial charge in [-0.05, 0) is 53.6 Å². The number of aromatic nitrogens is 4. The average molecular weight is 357 g/mol. The molecule has 2 heterocycles. The molecule has 0 unspecified atom stereocenters. The maximum absolute atomic E-state index is 13.7. The van der Waals surface area contributed by atoms with E-state index in [1.807, 2.05) is 0 Å². The van der Waals surface area contributed by atoms with Crippen LogP contribution in [0.25, 0.3) is 16.8 Å². The SMILES string of the molecule is Oc1cccc(-c2cc(F)ccc2Oc2ccc3nnc(Cl)n3n2)c1. The smallest absolute Gasteiger partial charge is 0.246 e. The molecule has 0 aliphatic heterocycles. The number of benzene rings is 2. The Balaban J connectivity index is 1.78. The first-order chi connectivity index (χ1) is 12.1. The fourth-order valence-corrected chi connectivity index (χ4v) is 2.57. The van der Waals surface area contributed by atoms with E-state index in [9.17, 15) is 9.50 Å². The topological polar surface area (TPSA) is 72.5 Å². The molecule has 0 amide bonds. The predicted molar refractivity (Wildman–Crippen MR) is 89.4 cm³/mol. The minimum atomic E-state index is -0.420. The molecular formula is C17H10ClFN4O2. The van der Waals surface area contributed by atoms with E-state index in [2.05, 4.69) is 15.3 Å². The molecule has 0 aliphatic rings. The Labute approximate surface area is 146 Å². The Morgan fingerprint density at radius 2 is 1.92 bits per heavy atom. The van der Waals surface area contributed by atoms with E-state index < -0.39 is 5.82 Å². The van der Waals surface area contributed by atoms with E-state index in [-0.39, 0.29) is 16.9 Å². The van der Waals surface area contributed by atoms with E-state index in [1.165, 1.54) is 34.8 Å². The highest BCUT2D eigenvalue weighted by Gasteiger charge is 2.12. The van der Waals surface area contributed by atoms with Crippen molar-refractivity contribution >= 4 is 17.2 Å². The van der Waals surface area contributed by atoms with Crippen LogP contribution in [0.3, 0.4) is 0 Å². The van der Waals surface area contributed by atoms with Crippen LogP contribution in [0.5, 0.6) is 17.4 Å². The van der Waals surface area contributed by atoms with Crippen LogP contribution in [0.15, 0.2) is 54.6 Å². The van der Waals surface area contributed by atoms with Gasteiger partial charge in [0.2, 0.25) is 11.2 Å². The Morgan fingerprint density at radius 1 is 1.04 bits per heavy atom. The number of halogens is 2.